The smallest absolute Gasteiger partial charge is 0.243 e. The number of nitrogens with one attached hydrogen (secondary N) is 2. The summed E-state index contributed by atoms with van der Waals surface area (Å²) in [7, 11) is 0. The number of hydrogen-bond donors (Lipinski definition) is 2. The number of aromatic nitrogens is 3. The minimum Gasteiger partial charge on any atom is -0.356 e. The lowest BCUT2D eigenvalue weighted by Gasteiger charge is -2.07. The number of carbonyl (C=O) groups excluding carboxylic acids is 1. The van der Waals surface area contributed by atoms with E-state index in [-0.39, 0.29) is 5.91 Å². The third kappa shape index (κ3) is 3.94. The molecule has 2 rings (SSSR count). The second kappa shape index (κ2) is 6.17. The third-order valence-electron chi connectivity index (χ3n) is 2.58. The molecule has 2 aromatic rings. The van der Waals surface area contributed by atoms with Crippen molar-refractivity contribution in [2.24, 2.45) is 5.92 Å². The second-order valence-electron chi connectivity index (χ2n) is 4.81. The summed E-state index contributed by atoms with van der Waals surface area (Å²) in [6.07, 6.45) is 2.26. The van der Waals surface area contributed by atoms with Crippen molar-refractivity contribution >= 4 is 17.5 Å². The number of fused-ring (bicyclic) bond motifs is 1. The molecule has 1 amide bonds. The van der Waals surface area contributed by atoms with Crippen LogP contribution in [0.3, 0.4) is 0 Å². The van der Waals surface area contributed by atoms with Gasteiger partial charge >= 0.3 is 0 Å². The molecule has 6 heteroatoms. The van der Waals surface area contributed by atoms with Gasteiger partial charge in [0.15, 0.2) is 5.65 Å². The lowest BCUT2D eigenvalue weighted by atomic mass is 10.2. The van der Waals surface area contributed by atoms with Crippen molar-refractivity contribution in [2.45, 2.75) is 20.3 Å². The van der Waals surface area contributed by atoms with Crippen LogP contribution in [-0.2, 0) is 4.79 Å². The number of nitrogens with zero attached hydrogens (tertiary/aromatic N) is 3. The van der Waals surface area contributed by atoms with Crippen LogP contribution in [0.1, 0.15) is 20.3 Å². The number of anilines is 1. The van der Waals surface area contributed by atoms with Gasteiger partial charge in [-0.25, -0.2) is 4.52 Å². The first-order valence-electron chi connectivity index (χ1n) is 6.47. The molecule has 19 heavy (non-hydrogen) atoms. The normalized spacial score (nSPS) is 10.9. The van der Waals surface area contributed by atoms with Gasteiger partial charge in [-0.2, -0.15) is 4.98 Å². The number of hydrogen-bond acceptors (Lipinski definition) is 4. The molecule has 6 nitrogen and oxygen atoms in total. The topological polar surface area (TPSA) is 71.3 Å². The first-order valence-corrected chi connectivity index (χ1v) is 6.47. The quantitative estimate of drug-likeness (QED) is 0.822. The van der Waals surface area contributed by atoms with Crippen LogP contribution in [-0.4, -0.2) is 33.6 Å². The van der Waals surface area contributed by atoms with E-state index in [0.717, 1.165) is 5.65 Å². The Morgan fingerprint density at radius 3 is 3.00 bits per heavy atom. The van der Waals surface area contributed by atoms with E-state index in [9.17, 15) is 4.79 Å². The lowest BCUT2D eigenvalue weighted by molar-refractivity contribution is -0.120. The minimum absolute atomic E-state index is 0.0463. The summed E-state index contributed by atoms with van der Waals surface area (Å²) in [5.41, 5.74) is 0.786. The first kappa shape index (κ1) is 13.3. The summed E-state index contributed by atoms with van der Waals surface area (Å²) in [5.74, 6) is 1.06. The van der Waals surface area contributed by atoms with Gasteiger partial charge in [-0.15, -0.1) is 5.10 Å². The number of amides is 1. The summed E-state index contributed by atoms with van der Waals surface area (Å²) in [6, 6.07) is 5.69. The number of rotatable bonds is 6. The van der Waals surface area contributed by atoms with E-state index >= 15 is 0 Å². The van der Waals surface area contributed by atoms with E-state index in [4.69, 9.17) is 0 Å². The summed E-state index contributed by atoms with van der Waals surface area (Å²) in [4.78, 5) is 15.8. The van der Waals surface area contributed by atoms with Crippen LogP contribution < -0.4 is 10.6 Å². The molecule has 0 saturated heterocycles. The summed E-state index contributed by atoms with van der Waals surface area (Å²) in [5, 5.41) is 10.2. The van der Waals surface area contributed by atoms with E-state index in [1.807, 2.05) is 24.4 Å². The van der Waals surface area contributed by atoms with Gasteiger partial charge < -0.3 is 10.6 Å². The van der Waals surface area contributed by atoms with Crippen LogP contribution in [0.2, 0.25) is 0 Å². The molecule has 2 N–H and O–H groups in total. The maximum Gasteiger partial charge on any atom is 0.243 e. The van der Waals surface area contributed by atoms with E-state index in [0.29, 0.717) is 31.4 Å². The maximum absolute atomic E-state index is 11.5. The van der Waals surface area contributed by atoms with E-state index < -0.39 is 0 Å². The zero-order valence-electron chi connectivity index (χ0n) is 11.3. The fourth-order valence-corrected chi connectivity index (χ4v) is 1.60. The SMILES string of the molecule is CC(C)CNC(=O)CCNc1nc2ccccn2n1. The maximum atomic E-state index is 11.5. The fourth-order valence-electron chi connectivity index (χ4n) is 1.60. The predicted molar refractivity (Wildman–Crippen MR) is 73.9 cm³/mol. The highest BCUT2D eigenvalue weighted by Gasteiger charge is 2.04. The Balaban J connectivity index is 1.77. The van der Waals surface area contributed by atoms with E-state index in [2.05, 4.69) is 34.6 Å². The van der Waals surface area contributed by atoms with Gasteiger partial charge in [-0.1, -0.05) is 19.9 Å². The molecule has 102 valence electrons. The Kier molecular flexibility index (Phi) is 4.33. The van der Waals surface area contributed by atoms with Gasteiger partial charge in [0, 0.05) is 25.7 Å². The molecular formula is C13H19N5O. The second-order valence-corrected chi connectivity index (χ2v) is 4.81. The van der Waals surface area contributed by atoms with Crippen molar-refractivity contribution in [3.8, 4) is 0 Å². The highest BCUT2D eigenvalue weighted by Crippen LogP contribution is 2.04. The average molecular weight is 261 g/mol. The summed E-state index contributed by atoms with van der Waals surface area (Å²) >= 11 is 0. The Morgan fingerprint density at radius 1 is 1.42 bits per heavy atom. The summed E-state index contributed by atoms with van der Waals surface area (Å²) in [6.45, 7) is 5.38. The van der Waals surface area contributed by atoms with Crippen LogP contribution in [0.5, 0.6) is 0 Å². The molecule has 2 heterocycles. The van der Waals surface area contributed by atoms with Crippen LogP contribution in [0.4, 0.5) is 5.95 Å². The van der Waals surface area contributed by atoms with Crippen molar-refractivity contribution < 1.29 is 4.79 Å². The molecular weight excluding hydrogens is 242 g/mol. The molecule has 0 fully saturated rings. The molecule has 0 aliphatic heterocycles. The highest BCUT2D eigenvalue weighted by molar-refractivity contribution is 5.76. The molecule has 0 aliphatic carbocycles. The van der Waals surface area contributed by atoms with Crippen molar-refractivity contribution in [3.63, 3.8) is 0 Å². The fraction of sp³-hybridized carbons (Fsp3) is 0.462. The Bertz CT molecular complexity index is 516. The molecule has 0 unspecified atom stereocenters. The lowest BCUT2D eigenvalue weighted by Crippen LogP contribution is -2.28. The van der Waals surface area contributed by atoms with E-state index in [1.54, 1.807) is 4.52 Å². The monoisotopic (exact) mass is 261 g/mol. The number of carbonyl (C=O) groups is 1. The van der Waals surface area contributed by atoms with Crippen molar-refractivity contribution in [1.82, 2.24) is 19.9 Å². The van der Waals surface area contributed by atoms with E-state index in [1.165, 1.54) is 0 Å². The molecule has 0 radical (unpaired) electrons. The Morgan fingerprint density at radius 2 is 2.26 bits per heavy atom. The van der Waals surface area contributed by atoms with Crippen molar-refractivity contribution in [1.29, 1.82) is 0 Å². The van der Waals surface area contributed by atoms with Crippen LogP contribution in [0.25, 0.3) is 5.65 Å². The molecule has 0 aliphatic rings. The van der Waals surface area contributed by atoms with Gasteiger partial charge in [-0.05, 0) is 18.1 Å². The summed E-state index contributed by atoms with van der Waals surface area (Å²) < 4.78 is 1.70. The average Bonchev–Trinajstić information content (AvgIpc) is 2.79. The van der Waals surface area contributed by atoms with Crippen LogP contribution in [0, 0.1) is 5.92 Å². The van der Waals surface area contributed by atoms with Crippen molar-refractivity contribution in [3.05, 3.63) is 24.4 Å². The standard InChI is InChI=1S/C13H19N5O/c1-10(2)9-15-12(19)6-7-14-13-16-11-5-3-4-8-18(11)17-13/h3-5,8,10H,6-7,9H2,1-2H3,(H,14,17)(H,15,19). The van der Waals surface area contributed by atoms with Gasteiger partial charge in [-0.3, -0.25) is 4.79 Å². The zero-order valence-corrected chi connectivity index (χ0v) is 11.3. The van der Waals surface area contributed by atoms with Gasteiger partial charge in [0.25, 0.3) is 0 Å². The predicted octanol–water partition coefficient (Wildman–Crippen LogP) is 1.30. The molecule has 0 atom stereocenters. The van der Waals surface area contributed by atoms with Gasteiger partial charge in [0.2, 0.25) is 11.9 Å². The Labute approximate surface area is 112 Å². The van der Waals surface area contributed by atoms with Gasteiger partial charge in [0.05, 0.1) is 0 Å². The first-order chi connectivity index (χ1) is 9.15. The Hall–Kier alpha value is -2.11. The molecule has 0 aromatic carbocycles. The molecule has 2 aromatic heterocycles. The third-order valence-corrected chi connectivity index (χ3v) is 2.58. The van der Waals surface area contributed by atoms with Crippen LogP contribution in [0.15, 0.2) is 24.4 Å². The van der Waals surface area contributed by atoms with Crippen molar-refractivity contribution in [2.75, 3.05) is 18.4 Å². The largest absolute Gasteiger partial charge is 0.356 e. The zero-order chi connectivity index (χ0) is 13.7. The molecule has 0 bridgehead atoms. The molecule has 0 saturated carbocycles. The van der Waals surface area contributed by atoms with Gasteiger partial charge in [0.1, 0.15) is 0 Å². The highest BCUT2D eigenvalue weighted by atomic mass is 16.1. The number of pyridine rings is 1. The minimum atomic E-state index is 0.0463. The van der Waals surface area contributed by atoms with Crippen LogP contribution >= 0.6 is 0 Å². The molecule has 0 spiro atoms.